The Balaban J connectivity index is 0.000000112. The predicted molar refractivity (Wildman–Crippen MR) is 512 cm³/mol. The number of hydrogen-bond donors (Lipinski definition) is 0. The van der Waals surface area contributed by atoms with Gasteiger partial charge in [0.05, 0.1) is 131 Å². The van der Waals surface area contributed by atoms with Crippen molar-refractivity contribution < 1.29 is 0 Å². The quantitative estimate of drug-likeness (QED) is 0.132. The zero-order chi connectivity index (χ0) is 84.6. The Bertz CT molecular complexity index is 8840. The van der Waals surface area contributed by atoms with Crippen LogP contribution in [0.3, 0.4) is 0 Å². The molecule has 0 saturated heterocycles. The van der Waals surface area contributed by atoms with Gasteiger partial charge < -0.3 is 27.4 Å². The van der Waals surface area contributed by atoms with E-state index in [4.69, 9.17) is 6.57 Å². The smallest absolute Gasteiger partial charge is 0.188 e. The standard InChI is InChI=1S/3C38H22N4/c1-40-28-17-18-38-34(23-28)33-13-4-7-16-37(33)42(38)30-20-25(24-39)19-27(22-30)26-9-8-10-29(21-26)41-35-14-5-2-11-31(35)32-12-3-6-15-36(32)41;39-23-25-6-5-7-30(20-25)42-36-11-4-2-9-32(36)34-22-28(15-19-38(34)42)27-13-16-29(17-14-27)41-35-10-3-1-8-31(35)33-21-26(24-40)12-18-37(33)41;39-23-25-6-5-7-30(20-25)42-37-18-12-26(24-40)21-33(37)34-22-28(15-19-38(34)42)27-13-16-29(17-14-27)41-35-10-3-1-8-31(35)32-9-2-4-11-36(32)41/h2-23H;2*1-22H. The molecule has 0 saturated carbocycles. The molecule has 24 rings (SSSR count). The molecule has 6 aromatic heterocycles. The first-order valence-corrected chi connectivity index (χ1v) is 41.4. The Morgan fingerprint density at radius 3 is 0.817 bits per heavy atom. The molecule has 0 unspecified atom stereocenters. The summed E-state index contributed by atoms with van der Waals surface area (Å²) in [6.07, 6.45) is 0. The van der Waals surface area contributed by atoms with Gasteiger partial charge in [0.1, 0.15) is 0 Å². The monoisotopic (exact) mass is 1600 g/mol. The van der Waals surface area contributed by atoms with Crippen molar-refractivity contribution in [2.75, 3.05) is 0 Å². The molecule has 582 valence electrons. The molecule has 0 aliphatic heterocycles. The second-order valence-electron chi connectivity index (χ2n) is 31.4. The van der Waals surface area contributed by atoms with Gasteiger partial charge in [-0.3, -0.25) is 0 Å². The van der Waals surface area contributed by atoms with Crippen molar-refractivity contribution >= 4 is 137 Å². The van der Waals surface area contributed by atoms with Crippen molar-refractivity contribution in [3.8, 4) is 97.9 Å². The number of aromatic nitrogens is 6. The molecule has 0 spiro atoms. The van der Waals surface area contributed by atoms with E-state index in [0.717, 1.165) is 155 Å². The van der Waals surface area contributed by atoms with Gasteiger partial charge in [0.25, 0.3) is 0 Å². The average Bonchev–Trinajstić information content (AvgIpc) is 1.60. The lowest BCUT2D eigenvalue weighted by Crippen LogP contribution is -1.97. The molecule has 12 heteroatoms. The molecule has 0 aliphatic rings. The molecule has 18 aromatic carbocycles. The summed E-state index contributed by atoms with van der Waals surface area (Å²) < 4.78 is 13.5. The first-order chi connectivity index (χ1) is 62.2. The Hall–Kier alpha value is -18.3. The Kier molecular flexibility index (Phi) is 17.9. The highest BCUT2D eigenvalue weighted by atomic mass is 15.0. The molecular weight excluding hydrogens is 1540 g/mol. The minimum Gasteiger partial charge on any atom is -0.309 e. The fourth-order valence-corrected chi connectivity index (χ4v) is 18.8. The Morgan fingerprint density at radius 2 is 0.429 bits per heavy atom. The molecule has 0 radical (unpaired) electrons. The summed E-state index contributed by atoms with van der Waals surface area (Å²) >= 11 is 0. The predicted octanol–water partition coefficient (Wildman–Crippen LogP) is 28.6. The number of hydrogen-bond acceptors (Lipinski definition) is 5. The molecule has 0 N–H and O–H groups in total. The van der Waals surface area contributed by atoms with Crippen molar-refractivity contribution in [2.24, 2.45) is 0 Å². The third-order valence-corrected chi connectivity index (χ3v) is 24.4. The van der Waals surface area contributed by atoms with Crippen LogP contribution < -0.4 is 0 Å². The van der Waals surface area contributed by atoms with E-state index in [1.54, 1.807) is 0 Å². The molecule has 24 aromatic rings. The summed E-state index contributed by atoms with van der Waals surface area (Å²) in [7, 11) is 0. The SMILES string of the molecule is N#Cc1cccc(-n2c3ccc(C#N)cc3c3cc(-c4ccc(-n5c6ccccc6c6ccccc65)cc4)ccc32)c1.N#Cc1cccc(-n2c3ccccc3c3cc(-c4ccc(-n5c6ccccc6c6cc(C#N)ccc65)cc4)ccc32)c1.[C-]#[N+]c1ccc2c(c1)c1ccccc1n2-c1cc(C#N)cc(-c2cccc(-n3c4ccccc4c4ccccc43)c2)c1. The number of para-hydroxylation sites is 7. The van der Waals surface area contributed by atoms with Crippen LogP contribution in [0.25, 0.3) is 203 Å². The third kappa shape index (κ3) is 12.4. The second kappa shape index (κ2) is 30.5. The molecule has 0 bridgehead atoms. The zero-order valence-electron chi connectivity index (χ0n) is 67.5. The third-order valence-electron chi connectivity index (χ3n) is 24.4. The number of fused-ring (bicyclic) bond motifs is 18. The minimum atomic E-state index is 0.591. The minimum absolute atomic E-state index is 0.591. The Morgan fingerprint density at radius 1 is 0.167 bits per heavy atom. The maximum atomic E-state index is 10.1. The highest BCUT2D eigenvalue weighted by Gasteiger charge is 2.22. The van der Waals surface area contributed by atoms with Gasteiger partial charge in [-0.25, -0.2) is 4.85 Å². The summed E-state index contributed by atoms with van der Waals surface area (Å²) in [5.41, 5.74) is 29.5. The maximum Gasteiger partial charge on any atom is 0.188 e. The number of nitrogens with zero attached hydrogens (tertiary/aromatic N) is 12. The van der Waals surface area contributed by atoms with E-state index in [1.165, 1.54) is 43.4 Å². The Labute approximate surface area is 723 Å². The summed E-state index contributed by atoms with van der Waals surface area (Å²) in [4.78, 5) is 3.65. The molecular formula is C114H66N12. The number of nitriles is 5. The highest BCUT2D eigenvalue weighted by Crippen LogP contribution is 2.43. The number of rotatable bonds is 9. The summed E-state index contributed by atoms with van der Waals surface area (Å²) in [6.45, 7) is 7.51. The van der Waals surface area contributed by atoms with Gasteiger partial charge in [0, 0.05) is 93.4 Å². The van der Waals surface area contributed by atoms with Crippen LogP contribution >= 0.6 is 0 Å². The van der Waals surface area contributed by atoms with E-state index in [9.17, 15) is 26.3 Å². The van der Waals surface area contributed by atoms with Crippen LogP contribution in [0.15, 0.2) is 400 Å². The lowest BCUT2D eigenvalue weighted by Gasteiger charge is -2.13. The van der Waals surface area contributed by atoms with Gasteiger partial charge in [-0.05, 0) is 245 Å². The largest absolute Gasteiger partial charge is 0.309 e. The first-order valence-electron chi connectivity index (χ1n) is 41.4. The molecule has 126 heavy (non-hydrogen) atoms. The van der Waals surface area contributed by atoms with Crippen molar-refractivity contribution in [3.63, 3.8) is 0 Å². The fraction of sp³-hybridized carbons (Fsp3) is 0. The van der Waals surface area contributed by atoms with Gasteiger partial charge in [-0.1, -0.05) is 194 Å². The van der Waals surface area contributed by atoms with Gasteiger partial charge in [-0.15, -0.1) is 0 Å². The maximum absolute atomic E-state index is 10.1. The van der Waals surface area contributed by atoms with Gasteiger partial charge >= 0.3 is 0 Å². The van der Waals surface area contributed by atoms with E-state index in [0.29, 0.717) is 33.5 Å². The molecule has 0 atom stereocenters. The first kappa shape index (κ1) is 74.0. The van der Waals surface area contributed by atoms with Crippen LogP contribution in [0.5, 0.6) is 0 Å². The fourth-order valence-electron chi connectivity index (χ4n) is 18.8. The van der Waals surface area contributed by atoms with E-state index < -0.39 is 0 Å². The van der Waals surface area contributed by atoms with Crippen molar-refractivity contribution in [1.29, 1.82) is 26.3 Å². The molecule has 0 amide bonds. The van der Waals surface area contributed by atoms with Crippen LogP contribution in [-0.2, 0) is 0 Å². The van der Waals surface area contributed by atoms with Gasteiger partial charge in [0.15, 0.2) is 5.69 Å². The van der Waals surface area contributed by atoms with Crippen LogP contribution in [0.1, 0.15) is 27.8 Å². The normalized spacial score (nSPS) is 11.3. The summed E-state index contributed by atoms with van der Waals surface area (Å²) in [5, 5.41) is 61.8. The van der Waals surface area contributed by atoms with E-state index in [2.05, 4.69) is 336 Å². The van der Waals surface area contributed by atoms with E-state index in [-0.39, 0.29) is 0 Å². The second-order valence-corrected chi connectivity index (χ2v) is 31.4. The lowest BCUT2D eigenvalue weighted by molar-refractivity contribution is 1.17. The molecule has 6 heterocycles. The topological polar surface area (TPSA) is 153 Å². The van der Waals surface area contributed by atoms with Gasteiger partial charge in [0.2, 0.25) is 0 Å². The lowest BCUT2D eigenvalue weighted by atomic mass is 10.0. The summed E-state index contributed by atoms with van der Waals surface area (Å²) in [5.74, 6) is 0. The van der Waals surface area contributed by atoms with Gasteiger partial charge in [-0.2, -0.15) is 26.3 Å². The van der Waals surface area contributed by atoms with Crippen molar-refractivity contribution in [1.82, 2.24) is 27.4 Å². The summed E-state index contributed by atoms with van der Waals surface area (Å²) in [6, 6.07) is 149. The van der Waals surface area contributed by atoms with Crippen LogP contribution in [0.4, 0.5) is 5.69 Å². The van der Waals surface area contributed by atoms with Crippen molar-refractivity contribution in [3.05, 3.63) is 440 Å². The zero-order valence-corrected chi connectivity index (χ0v) is 67.5. The van der Waals surface area contributed by atoms with E-state index >= 15 is 0 Å². The molecule has 0 aliphatic carbocycles. The molecule has 12 nitrogen and oxygen atoms in total. The van der Waals surface area contributed by atoms with E-state index in [1.807, 2.05) is 127 Å². The number of benzene rings is 18. The van der Waals surface area contributed by atoms with Crippen molar-refractivity contribution in [2.45, 2.75) is 0 Å². The van der Waals surface area contributed by atoms with Crippen LogP contribution in [0, 0.1) is 63.2 Å². The molecule has 0 fully saturated rings. The van der Waals surface area contributed by atoms with Crippen LogP contribution in [0.2, 0.25) is 0 Å². The average molecular weight is 1600 g/mol. The highest BCUT2D eigenvalue weighted by molar-refractivity contribution is 6.16. The van der Waals surface area contributed by atoms with Crippen LogP contribution in [-0.4, -0.2) is 27.4 Å².